The van der Waals surface area contributed by atoms with Gasteiger partial charge in [0.1, 0.15) is 0 Å². The van der Waals surface area contributed by atoms with E-state index >= 15 is 0 Å². The molecule has 2 heteroatoms. The van der Waals surface area contributed by atoms with Crippen LogP contribution in [0.4, 0.5) is 0 Å². The summed E-state index contributed by atoms with van der Waals surface area (Å²) >= 11 is 0. The number of aliphatic hydroxyl groups is 2. The van der Waals surface area contributed by atoms with E-state index in [1.54, 1.807) is 0 Å². The van der Waals surface area contributed by atoms with Crippen molar-refractivity contribution in [2.24, 2.45) is 28.6 Å². The van der Waals surface area contributed by atoms with Crippen LogP contribution in [0.15, 0.2) is 11.6 Å². The Morgan fingerprint density at radius 3 is 2.53 bits per heavy atom. The number of hydrogen-bond donors (Lipinski definition) is 2. The molecule has 0 aromatic rings. The van der Waals surface area contributed by atoms with E-state index in [-0.39, 0.29) is 23.0 Å². The minimum absolute atomic E-state index is 0.201. The molecule has 0 aromatic carbocycles. The summed E-state index contributed by atoms with van der Waals surface area (Å²) in [6.07, 6.45) is 3.15. The van der Waals surface area contributed by atoms with Crippen molar-refractivity contribution in [2.75, 3.05) is 0 Å². The summed E-state index contributed by atoms with van der Waals surface area (Å²) in [4.78, 5) is 0. The third-order valence-electron chi connectivity index (χ3n) is 6.10. The molecule has 96 valence electrons. The molecular formula is C15H24O2. The van der Waals surface area contributed by atoms with Gasteiger partial charge in [0.15, 0.2) is 0 Å². The third kappa shape index (κ3) is 1.29. The highest BCUT2D eigenvalue weighted by atomic mass is 16.3. The summed E-state index contributed by atoms with van der Waals surface area (Å²) in [5.41, 5.74) is 1.77. The molecule has 0 aliphatic heterocycles. The van der Waals surface area contributed by atoms with Crippen molar-refractivity contribution in [3.05, 3.63) is 11.6 Å². The molecular weight excluding hydrogens is 212 g/mol. The molecule has 17 heavy (non-hydrogen) atoms. The maximum atomic E-state index is 10.3. The summed E-state index contributed by atoms with van der Waals surface area (Å²) in [5.74, 6) is 1.56. The lowest BCUT2D eigenvalue weighted by atomic mass is 9.59. The minimum Gasteiger partial charge on any atom is -0.392 e. The highest BCUT2D eigenvalue weighted by Gasteiger charge is 2.71. The van der Waals surface area contributed by atoms with Crippen molar-refractivity contribution in [2.45, 2.75) is 52.7 Å². The van der Waals surface area contributed by atoms with E-state index in [9.17, 15) is 10.2 Å². The molecule has 0 unspecified atom stereocenters. The highest BCUT2D eigenvalue weighted by molar-refractivity contribution is 5.34. The maximum absolute atomic E-state index is 10.3. The van der Waals surface area contributed by atoms with Crippen LogP contribution in [0.25, 0.3) is 0 Å². The first-order valence-corrected chi connectivity index (χ1v) is 6.87. The van der Waals surface area contributed by atoms with Gasteiger partial charge in [-0.25, -0.2) is 0 Å². The SMILES string of the molecule is C[C@@H]1C[C@H](O)C=C2C[C@H](O)[C@@H]3[C@@H](C3(C)C)[C@]21C. The fourth-order valence-corrected chi connectivity index (χ4v) is 5.09. The van der Waals surface area contributed by atoms with Gasteiger partial charge in [-0.1, -0.05) is 39.3 Å². The Labute approximate surface area is 104 Å². The quantitative estimate of drug-likeness (QED) is 0.634. The Balaban J connectivity index is 2.06. The average Bonchev–Trinajstić information content (AvgIpc) is 2.77. The monoisotopic (exact) mass is 236 g/mol. The number of aliphatic hydroxyl groups excluding tert-OH is 2. The van der Waals surface area contributed by atoms with E-state index in [0.717, 1.165) is 12.8 Å². The second-order valence-electron chi connectivity index (χ2n) is 7.27. The molecule has 3 rings (SSSR count). The summed E-state index contributed by atoms with van der Waals surface area (Å²) in [6.45, 7) is 9.20. The van der Waals surface area contributed by atoms with E-state index in [1.807, 2.05) is 6.08 Å². The molecule has 0 spiro atoms. The predicted octanol–water partition coefficient (Wildman–Crippen LogP) is 2.36. The minimum atomic E-state index is -0.307. The van der Waals surface area contributed by atoms with Crippen LogP contribution in [0.3, 0.4) is 0 Å². The zero-order valence-electron chi connectivity index (χ0n) is 11.3. The molecule has 0 bridgehead atoms. The Morgan fingerprint density at radius 2 is 1.88 bits per heavy atom. The fraction of sp³-hybridized carbons (Fsp3) is 0.867. The van der Waals surface area contributed by atoms with Crippen LogP contribution in [0.5, 0.6) is 0 Å². The average molecular weight is 236 g/mol. The largest absolute Gasteiger partial charge is 0.392 e. The van der Waals surface area contributed by atoms with Gasteiger partial charge in [-0.15, -0.1) is 0 Å². The Kier molecular flexibility index (Phi) is 2.18. The lowest BCUT2D eigenvalue weighted by molar-refractivity contribution is 0.0454. The lowest BCUT2D eigenvalue weighted by Gasteiger charge is -2.47. The topological polar surface area (TPSA) is 40.5 Å². The van der Waals surface area contributed by atoms with Crippen molar-refractivity contribution in [3.8, 4) is 0 Å². The molecule has 2 saturated carbocycles. The first-order chi connectivity index (χ1) is 7.79. The van der Waals surface area contributed by atoms with Crippen LogP contribution in [-0.2, 0) is 0 Å². The van der Waals surface area contributed by atoms with Gasteiger partial charge in [0.25, 0.3) is 0 Å². The van der Waals surface area contributed by atoms with E-state index in [4.69, 9.17) is 0 Å². The van der Waals surface area contributed by atoms with Crippen LogP contribution in [0.1, 0.15) is 40.5 Å². The highest BCUT2D eigenvalue weighted by Crippen LogP contribution is 2.74. The number of fused-ring (bicyclic) bond motifs is 3. The molecule has 2 N–H and O–H groups in total. The molecule has 0 amide bonds. The predicted molar refractivity (Wildman–Crippen MR) is 67.4 cm³/mol. The summed E-state index contributed by atoms with van der Waals surface area (Å²) in [7, 11) is 0. The maximum Gasteiger partial charge on any atom is 0.0726 e. The molecule has 3 aliphatic rings. The molecule has 0 saturated heterocycles. The molecule has 6 atom stereocenters. The van der Waals surface area contributed by atoms with Crippen molar-refractivity contribution in [1.29, 1.82) is 0 Å². The van der Waals surface area contributed by atoms with Gasteiger partial charge < -0.3 is 10.2 Å². The zero-order chi connectivity index (χ0) is 12.6. The number of rotatable bonds is 0. The smallest absolute Gasteiger partial charge is 0.0726 e. The molecule has 0 aromatic heterocycles. The third-order valence-corrected chi connectivity index (χ3v) is 6.10. The van der Waals surface area contributed by atoms with Gasteiger partial charge in [0.05, 0.1) is 12.2 Å². The summed E-state index contributed by atoms with van der Waals surface area (Å²) < 4.78 is 0. The van der Waals surface area contributed by atoms with Crippen LogP contribution in [-0.4, -0.2) is 22.4 Å². The second-order valence-corrected chi connectivity index (χ2v) is 7.27. The van der Waals surface area contributed by atoms with Gasteiger partial charge in [-0.2, -0.15) is 0 Å². The molecule has 0 heterocycles. The van der Waals surface area contributed by atoms with Gasteiger partial charge in [-0.3, -0.25) is 0 Å². The Hall–Kier alpha value is -0.340. The van der Waals surface area contributed by atoms with Crippen LogP contribution >= 0.6 is 0 Å². The first kappa shape index (κ1) is 11.7. The van der Waals surface area contributed by atoms with Gasteiger partial charge >= 0.3 is 0 Å². The van der Waals surface area contributed by atoms with E-state index < -0.39 is 0 Å². The van der Waals surface area contributed by atoms with E-state index in [1.165, 1.54) is 5.57 Å². The van der Waals surface area contributed by atoms with Gasteiger partial charge in [-0.05, 0) is 41.4 Å². The van der Waals surface area contributed by atoms with E-state index in [0.29, 0.717) is 17.8 Å². The van der Waals surface area contributed by atoms with Gasteiger partial charge in [0, 0.05) is 0 Å². The lowest BCUT2D eigenvalue weighted by Crippen LogP contribution is -2.42. The van der Waals surface area contributed by atoms with E-state index in [2.05, 4.69) is 27.7 Å². The van der Waals surface area contributed by atoms with Crippen LogP contribution < -0.4 is 0 Å². The molecule has 3 aliphatic carbocycles. The molecule has 0 radical (unpaired) electrons. The van der Waals surface area contributed by atoms with Crippen LogP contribution in [0, 0.1) is 28.6 Å². The Bertz CT molecular complexity index is 384. The van der Waals surface area contributed by atoms with Crippen LogP contribution in [0.2, 0.25) is 0 Å². The van der Waals surface area contributed by atoms with Gasteiger partial charge in [0.2, 0.25) is 0 Å². The van der Waals surface area contributed by atoms with Crippen molar-refractivity contribution in [1.82, 2.24) is 0 Å². The standard InChI is InChI=1S/C15H24O2/c1-8-5-10(16)6-9-7-11(17)12-13(14(12,2)3)15(8,9)4/h6,8,10-13,16-17H,5,7H2,1-4H3/t8-,10+,11+,12-,13+,15+/m1/s1. The van der Waals surface area contributed by atoms with Crippen molar-refractivity contribution in [3.63, 3.8) is 0 Å². The molecule has 2 nitrogen and oxygen atoms in total. The van der Waals surface area contributed by atoms with Crippen molar-refractivity contribution >= 4 is 0 Å². The normalized spacial score (nSPS) is 55.6. The first-order valence-electron chi connectivity index (χ1n) is 6.87. The zero-order valence-corrected chi connectivity index (χ0v) is 11.3. The van der Waals surface area contributed by atoms with Crippen molar-refractivity contribution < 1.29 is 10.2 Å². The fourth-order valence-electron chi connectivity index (χ4n) is 5.09. The molecule has 2 fully saturated rings. The second kappa shape index (κ2) is 3.16. The summed E-state index contributed by atoms with van der Waals surface area (Å²) in [6, 6.07) is 0. The summed E-state index contributed by atoms with van der Waals surface area (Å²) in [5, 5.41) is 20.1. The Morgan fingerprint density at radius 1 is 1.24 bits per heavy atom. The number of hydrogen-bond acceptors (Lipinski definition) is 2.